The van der Waals surface area contributed by atoms with Gasteiger partial charge in [-0.1, -0.05) is 13.8 Å². The highest BCUT2D eigenvalue weighted by Crippen LogP contribution is 2.41. The lowest BCUT2D eigenvalue weighted by molar-refractivity contribution is 0.356. The fraction of sp³-hybridized carbons (Fsp3) is 0.500. The molecule has 96 valence electrons. The normalized spacial score (nSPS) is 28.1. The number of fused-ring (bicyclic) bond motifs is 1. The van der Waals surface area contributed by atoms with E-state index in [0.29, 0.717) is 16.7 Å². The first-order chi connectivity index (χ1) is 8.58. The van der Waals surface area contributed by atoms with Gasteiger partial charge in [-0.3, -0.25) is 0 Å². The number of benzene rings is 1. The second kappa shape index (κ2) is 4.19. The zero-order valence-electron chi connectivity index (χ0n) is 10.6. The molecule has 1 aliphatic rings. The molecule has 1 N–H and O–H groups in total. The highest BCUT2D eigenvalue weighted by atomic mass is 32.1. The Balaban J connectivity index is 2.17. The first kappa shape index (κ1) is 11.9. The number of halogens is 1. The summed E-state index contributed by atoms with van der Waals surface area (Å²) in [5.74, 6) is 1.11. The van der Waals surface area contributed by atoms with Crippen LogP contribution in [0.5, 0.6) is 0 Å². The molecular formula is C14H17FN2S. The molecule has 0 saturated heterocycles. The van der Waals surface area contributed by atoms with Gasteiger partial charge in [0.1, 0.15) is 5.82 Å². The molecule has 1 aliphatic carbocycles. The number of hydrogen-bond acceptors (Lipinski definition) is 1. The largest absolute Gasteiger partial charge is 0.330 e. The summed E-state index contributed by atoms with van der Waals surface area (Å²) in [5, 5.41) is 0. The second-order valence-corrected chi connectivity index (χ2v) is 5.83. The van der Waals surface area contributed by atoms with Crippen molar-refractivity contribution < 1.29 is 4.39 Å². The zero-order valence-corrected chi connectivity index (χ0v) is 11.4. The predicted octanol–water partition coefficient (Wildman–Crippen LogP) is 4.45. The first-order valence-electron chi connectivity index (χ1n) is 6.47. The summed E-state index contributed by atoms with van der Waals surface area (Å²) in [6.07, 6.45) is 2.39. The number of aromatic nitrogens is 2. The Labute approximate surface area is 111 Å². The van der Waals surface area contributed by atoms with Crippen molar-refractivity contribution in [3.63, 3.8) is 0 Å². The molecule has 4 heteroatoms. The fourth-order valence-corrected chi connectivity index (χ4v) is 3.48. The van der Waals surface area contributed by atoms with Crippen molar-refractivity contribution in [2.45, 2.75) is 32.7 Å². The maximum absolute atomic E-state index is 13.2. The molecule has 1 saturated carbocycles. The van der Waals surface area contributed by atoms with Gasteiger partial charge < -0.3 is 9.55 Å². The van der Waals surface area contributed by atoms with E-state index >= 15 is 0 Å². The topological polar surface area (TPSA) is 20.7 Å². The van der Waals surface area contributed by atoms with Crippen molar-refractivity contribution in [3.05, 3.63) is 28.8 Å². The summed E-state index contributed by atoms with van der Waals surface area (Å²) < 4.78 is 16.1. The zero-order chi connectivity index (χ0) is 12.9. The van der Waals surface area contributed by atoms with Gasteiger partial charge in [-0.25, -0.2) is 4.39 Å². The minimum Gasteiger partial charge on any atom is -0.330 e. The number of H-pyrrole nitrogens is 1. The highest BCUT2D eigenvalue weighted by molar-refractivity contribution is 7.71. The Hall–Kier alpha value is -1.16. The van der Waals surface area contributed by atoms with Gasteiger partial charge in [0.2, 0.25) is 0 Å². The molecule has 3 unspecified atom stereocenters. The molecule has 1 aromatic heterocycles. The Morgan fingerprint density at radius 3 is 2.78 bits per heavy atom. The van der Waals surface area contributed by atoms with E-state index in [-0.39, 0.29) is 5.82 Å². The molecule has 1 fully saturated rings. The summed E-state index contributed by atoms with van der Waals surface area (Å²) in [6, 6.07) is 5.29. The van der Waals surface area contributed by atoms with Gasteiger partial charge in [-0.15, -0.1) is 0 Å². The van der Waals surface area contributed by atoms with Crippen molar-refractivity contribution in [2.75, 3.05) is 0 Å². The third-order valence-electron chi connectivity index (χ3n) is 4.43. The Morgan fingerprint density at radius 2 is 2.11 bits per heavy atom. The number of hydrogen-bond donors (Lipinski definition) is 1. The quantitative estimate of drug-likeness (QED) is 0.755. The monoisotopic (exact) mass is 264 g/mol. The van der Waals surface area contributed by atoms with Gasteiger partial charge in [0.15, 0.2) is 4.77 Å². The lowest BCUT2D eigenvalue weighted by Crippen LogP contribution is -2.14. The molecular weight excluding hydrogens is 247 g/mol. The molecule has 2 nitrogen and oxygen atoms in total. The van der Waals surface area contributed by atoms with E-state index in [9.17, 15) is 4.39 Å². The molecule has 0 spiro atoms. The van der Waals surface area contributed by atoms with Crippen LogP contribution in [0.3, 0.4) is 0 Å². The van der Waals surface area contributed by atoms with Gasteiger partial charge in [-0.05, 0) is 55.1 Å². The molecule has 1 aromatic carbocycles. The summed E-state index contributed by atoms with van der Waals surface area (Å²) in [7, 11) is 0. The van der Waals surface area contributed by atoms with Crippen LogP contribution in [0.1, 0.15) is 32.7 Å². The summed E-state index contributed by atoms with van der Waals surface area (Å²) in [6.45, 7) is 4.58. The van der Waals surface area contributed by atoms with Crippen LogP contribution < -0.4 is 0 Å². The van der Waals surface area contributed by atoms with Gasteiger partial charge in [-0.2, -0.15) is 0 Å². The third-order valence-corrected chi connectivity index (χ3v) is 4.73. The average molecular weight is 264 g/mol. The van der Waals surface area contributed by atoms with E-state index < -0.39 is 0 Å². The molecule has 1 heterocycles. The lowest BCUT2D eigenvalue weighted by Gasteiger charge is -2.20. The van der Waals surface area contributed by atoms with Crippen molar-refractivity contribution in [1.82, 2.24) is 9.55 Å². The minimum absolute atomic E-state index is 0.223. The van der Waals surface area contributed by atoms with Gasteiger partial charge >= 0.3 is 0 Å². The summed E-state index contributed by atoms with van der Waals surface area (Å²) >= 11 is 5.41. The van der Waals surface area contributed by atoms with E-state index in [1.165, 1.54) is 18.6 Å². The van der Waals surface area contributed by atoms with Crippen molar-refractivity contribution in [3.8, 4) is 0 Å². The number of nitrogens with zero attached hydrogens (tertiary/aromatic N) is 1. The van der Waals surface area contributed by atoms with Crippen LogP contribution in [-0.2, 0) is 0 Å². The van der Waals surface area contributed by atoms with E-state index in [4.69, 9.17) is 12.2 Å². The SMILES string of the molecule is CC1CCC(n2c(=S)[nH]c3cc(F)ccc32)C1C. The molecule has 0 bridgehead atoms. The maximum Gasteiger partial charge on any atom is 0.178 e. The second-order valence-electron chi connectivity index (χ2n) is 5.44. The summed E-state index contributed by atoms with van der Waals surface area (Å²) in [4.78, 5) is 3.12. The standard InChI is InChI=1S/C14H17FN2S/c1-8-3-5-12(9(8)2)17-13-6-4-10(15)7-11(13)16-14(17)18/h4,6-9,12H,3,5H2,1-2H3,(H,16,18). The van der Waals surface area contributed by atoms with E-state index in [1.54, 1.807) is 0 Å². The van der Waals surface area contributed by atoms with Crippen LogP contribution >= 0.6 is 12.2 Å². The summed E-state index contributed by atoms with van der Waals surface area (Å²) in [5.41, 5.74) is 1.82. The Morgan fingerprint density at radius 1 is 1.33 bits per heavy atom. The van der Waals surface area contributed by atoms with Crippen LogP contribution in [0.4, 0.5) is 4.39 Å². The smallest absolute Gasteiger partial charge is 0.178 e. The van der Waals surface area contributed by atoms with Crippen molar-refractivity contribution in [1.29, 1.82) is 0 Å². The van der Waals surface area contributed by atoms with Gasteiger partial charge in [0.05, 0.1) is 11.0 Å². The number of rotatable bonds is 1. The lowest BCUT2D eigenvalue weighted by atomic mass is 9.97. The van der Waals surface area contributed by atoms with Gasteiger partial charge in [0.25, 0.3) is 0 Å². The third kappa shape index (κ3) is 1.70. The van der Waals surface area contributed by atoms with Crippen LogP contribution in [0.25, 0.3) is 11.0 Å². The average Bonchev–Trinajstić information content (AvgIpc) is 2.80. The molecule has 0 radical (unpaired) electrons. The Bertz CT molecular complexity index is 643. The van der Waals surface area contributed by atoms with E-state index in [0.717, 1.165) is 23.4 Å². The molecule has 3 atom stereocenters. The fourth-order valence-electron chi connectivity index (χ4n) is 3.14. The highest BCUT2D eigenvalue weighted by Gasteiger charge is 2.32. The number of aromatic amines is 1. The first-order valence-corrected chi connectivity index (χ1v) is 6.88. The Kier molecular flexibility index (Phi) is 2.77. The van der Waals surface area contributed by atoms with E-state index in [1.807, 2.05) is 6.07 Å². The minimum atomic E-state index is -0.223. The number of nitrogens with one attached hydrogen (secondary N) is 1. The predicted molar refractivity (Wildman–Crippen MR) is 73.7 cm³/mol. The van der Waals surface area contributed by atoms with Crippen molar-refractivity contribution in [2.24, 2.45) is 11.8 Å². The maximum atomic E-state index is 13.2. The van der Waals surface area contributed by atoms with Crippen LogP contribution in [0, 0.1) is 22.4 Å². The molecule has 0 amide bonds. The van der Waals surface area contributed by atoms with Crippen molar-refractivity contribution >= 4 is 23.3 Å². The van der Waals surface area contributed by atoms with Crippen LogP contribution in [-0.4, -0.2) is 9.55 Å². The van der Waals surface area contributed by atoms with E-state index in [2.05, 4.69) is 23.4 Å². The molecule has 18 heavy (non-hydrogen) atoms. The molecule has 0 aliphatic heterocycles. The molecule has 2 aromatic rings. The number of imidazole rings is 1. The van der Waals surface area contributed by atoms with Gasteiger partial charge in [0, 0.05) is 6.04 Å². The molecule has 3 rings (SSSR count). The van der Waals surface area contributed by atoms with Crippen LogP contribution in [0.2, 0.25) is 0 Å². The van der Waals surface area contributed by atoms with Crippen LogP contribution in [0.15, 0.2) is 18.2 Å².